The molecule has 7 heteroatoms. The fourth-order valence-electron chi connectivity index (χ4n) is 3.78. The monoisotopic (exact) mass is 445 g/mol. The molecule has 156 valence electrons. The zero-order valence-corrected chi connectivity index (χ0v) is 18.2. The lowest BCUT2D eigenvalue weighted by molar-refractivity contribution is 0.0593. The Bertz CT molecular complexity index is 1170. The molecule has 0 fully saturated rings. The van der Waals surface area contributed by atoms with Gasteiger partial charge in [0.15, 0.2) is 5.43 Å². The molecule has 1 aliphatic heterocycles. The Morgan fingerprint density at radius 3 is 2.60 bits per heavy atom. The van der Waals surface area contributed by atoms with Crippen LogP contribution in [0.3, 0.4) is 0 Å². The van der Waals surface area contributed by atoms with E-state index in [9.17, 15) is 9.59 Å². The smallest absolute Gasteiger partial charge is 0.290 e. The predicted octanol–water partition coefficient (Wildman–Crippen LogP) is 5.46. The summed E-state index contributed by atoms with van der Waals surface area (Å²) in [6, 6.07) is 11.5. The number of fused-ring (bicyclic) bond motifs is 2. The zero-order valence-electron chi connectivity index (χ0n) is 16.7. The van der Waals surface area contributed by atoms with Crippen molar-refractivity contribution < 1.29 is 13.9 Å². The SMILES string of the molecule is CC(C)OCCCN1C(=O)c2oc3ccccc3c(=O)c2[C@@H]1c1ccc(Cl)c(Cl)c1. The molecule has 2 heterocycles. The molecule has 0 bridgehead atoms. The lowest BCUT2D eigenvalue weighted by Gasteiger charge is -2.25. The highest BCUT2D eigenvalue weighted by Gasteiger charge is 2.42. The van der Waals surface area contributed by atoms with Crippen LogP contribution in [-0.2, 0) is 4.74 Å². The molecule has 30 heavy (non-hydrogen) atoms. The minimum atomic E-state index is -0.595. The molecule has 0 aliphatic carbocycles. The molecule has 5 nitrogen and oxygen atoms in total. The van der Waals surface area contributed by atoms with Gasteiger partial charge in [0.05, 0.1) is 33.1 Å². The van der Waals surface area contributed by atoms with Gasteiger partial charge in [-0.25, -0.2) is 0 Å². The summed E-state index contributed by atoms with van der Waals surface area (Å²) in [5.41, 5.74) is 1.23. The quantitative estimate of drug-likeness (QED) is 0.472. The summed E-state index contributed by atoms with van der Waals surface area (Å²) in [4.78, 5) is 28.2. The van der Waals surface area contributed by atoms with E-state index in [2.05, 4.69) is 0 Å². The molecule has 1 aliphatic rings. The van der Waals surface area contributed by atoms with Crippen molar-refractivity contribution in [3.8, 4) is 0 Å². The highest BCUT2D eigenvalue weighted by molar-refractivity contribution is 6.42. The van der Waals surface area contributed by atoms with Gasteiger partial charge in [-0.05, 0) is 50.1 Å². The Morgan fingerprint density at radius 1 is 1.10 bits per heavy atom. The first-order valence-electron chi connectivity index (χ1n) is 9.81. The van der Waals surface area contributed by atoms with Crippen LogP contribution in [0.15, 0.2) is 51.7 Å². The van der Waals surface area contributed by atoms with Gasteiger partial charge in [0.1, 0.15) is 5.58 Å². The summed E-state index contributed by atoms with van der Waals surface area (Å²) < 4.78 is 11.5. The zero-order chi connectivity index (χ0) is 21.4. The number of nitrogens with zero attached hydrogens (tertiary/aromatic N) is 1. The largest absolute Gasteiger partial charge is 0.450 e. The Kier molecular flexibility index (Phi) is 5.87. The minimum Gasteiger partial charge on any atom is -0.450 e. The predicted molar refractivity (Wildman–Crippen MR) is 118 cm³/mol. The van der Waals surface area contributed by atoms with Gasteiger partial charge >= 0.3 is 0 Å². The van der Waals surface area contributed by atoms with Crippen LogP contribution >= 0.6 is 23.2 Å². The Morgan fingerprint density at radius 2 is 1.87 bits per heavy atom. The number of carbonyl (C=O) groups is 1. The molecule has 4 rings (SSSR count). The van der Waals surface area contributed by atoms with Gasteiger partial charge in [0.25, 0.3) is 5.91 Å². The minimum absolute atomic E-state index is 0.0829. The van der Waals surface area contributed by atoms with Gasteiger partial charge in [0.2, 0.25) is 5.76 Å². The van der Waals surface area contributed by atoms with E-state index >= 15 is 0 Å². The van der Waals surface area contributed by atoms with Gasteiger partial charge in [-0.1, -0.05) is 41.4 Å². The van der Waals surface area contributed by atoms with Gasteiger partial charge in [-0.2, -0.15) is 0 Å². The molecule has 0 saturated heterocycles. The van der Waals surface area contributed by atoms with Crippen molar-refractivity contribution in [2.24, 2.45) is 0 Å². The summed E-state index contributed by atoms with van der Waals surface area (Å²) >= 11 is 12.3. The number of hydrogen-bond acceptors (Lipinski definition) is 4. The summed E-state index contributed by atoms with van der Waals surface area (Å²) in [6.45, 7) is 4.85. The maximum atomic E-state index is 13.3. The van der Waals surface area contributed by atoms with Crippen LogP contribution in [0.4, 0.5) is 0 Å². The summed E-state index contributed by atoms with van der Waals surface area (Å²) in [5.74, 6) is -0.229. The molecule has 0 radical (unpaired) electrons. The van der Waals surface area contributed by atoms with Crippen molar-refractivity contribution in [2.45, 2.75) is 32.4 Å². The molecule has 0 unspecified atom stereocenters. The Hall–Kier alpha value is -2.34. The fourth-order valence-corrected chi connectivity index (χ4v) is 4.09. The number of amides is 1. The van der Waals surface area contributed by atoms with Crippen molar-refractivity contribution in [3.63, 3.8) is 0 Å². The lowest BCUT2D eigenvalue weighted by atomic mass is 9.98. The molecule has 0 saturated carbocycles. The van der Waals surface area contributed by atoms with E-state index in [1.807, 2.05) is 13.8 Å². The van der Waals surface area contributed by atoms with Crippen molar-refractivity contribution >= 4 is 40.1 Å². The van der Waals surface area contributed by atoms with E-state index in [1.165, 1.54) is 0 Å². The first kappa shape index (κ1) is 20.9. The first-order valence-corrected chi connectivity index (χ1v) is 10.6. The third-order valence-corrected chi connectivity index (χ3v) is 5.87. The van der Waals surface area contributed by atoms with E-state index in [0.717, 1.165) is 0 Å². The van der Waals surface area contributed by atoms with Crippen molar-refractivity contribution in [1.82, 2.24) is 4.90 Å². The third-order valence-electron chi connectivity index (χ3n) is 5.13. The highest BCUT2D eigenvalue weighted by Crippen LogP contribution is 2.39. The van der Waals surface area contributed by atoms with Crippen LogP contribution < -0.4 is 5.43 Å². The van der Waals surface area contributed by atoms with Gasteiger partial charge < -0.3 is 14.1 Å². The normalized spacial score (nSPS) is 16.0. The summed E-state index contributed by atoms with van der Waals surface area (Å²) in [7, 11) is 0. The average molecular weight is 446 g/mol. The van der Waals surface area contributed by atoms with Crippen molar-refractivity contribution in [1.29, 1.82) is 0 Å². The fraction of sp³-hybridized carbons (Fsp3) is 0.304. The molecular weight excluding hydrogens is 425 g/mol. The maximum Gasteiger partial charge on any atom is 0.290 e. The van der Waals surface area contributed by atoms with E-state index in [4.69, 9.17) is 32.4 Å². The molecular formula is C23H21Cl2NO4. The molecule has 0 spiro atoms. The van der Waals surface area contributed by atoms with Crippen LogP contribution in [0.2, 0.25) is 10.0 Å². The molecule has 2 aromatic carbocycles. The van der Waals surface area contributed by atoms with Crippen LogP contribution in [0.1, 0.15) is 48.0 Å². The Balaban J connectivity index is 1.82. The first-order chi connectivity index (χ1) is 14.4. The van der Waals surface area contributed by atoms with Crippen LogP contribution in [0.25, 0.3) is 11.0 Å². The highest BCUT2D eigenvalue weighted by atomic mass is 35.5. The number of rotatable bonds is 6. The van der Waals surface area contributed by atoms with Crippen molar-refractivity contribution in [2.75, 3.05) is 13.2 Å². The van der Waals surface area contributed by atoms with E-state index in [0.29, 0.717) is 51.7 Å². The van der Waals surface area contributed by atoms with Crippen LogP contribution in [0, 0.1) is 0 Å². The van der Waals surface area contributed by atoms with Gasteiger partial charge in [-0.15, -0.1) is 0 Å². The molecule has 3 aromatic rings. The second kappa shape index (κ2) is 8.42. The summed E-state index contributed by atoms with van der Waals surface area (Å²) in [5, 5.41) is 1.22. The van der Waals surface area contributed by atoms with Gasteiger partial charge in [-0.3, -0.25) is 9.59 Å². The van der Waals surface area contributed by atoms with Gasteiger partial charge in [0, 0.05) is 13.2 Å². The average Bonchev–Trinajstić information content (AvgIpc) is 3.00. The number of carbonyl (C=O) groups excluding carboxylic acids is 1. The number of ether oxygens (including phenoxy) is 1. The number of para-hydroxylation sites is 1. The molecule has 0 N–H and O–H groups in total. The van der Waals surface area contributed by atoms with Crippen LogP contribution in [-0.4, -0.2) is 30.1 Å². The maximum absolute atomic E-state index is 13.3. The third kappa shape index (κ3) is 3.73. The van der Waals surface area contributed by atoms with E-state index in [-0.39, 0.29) is 23.2 Å². The topological polar surface area (TPSA) is 59.8 Å². The van der Waals surface area contributed by atoms with Crippen molar-refractivity contribution in [3.05, 3.63) is 79.6 Å². The Labute approximate surface area is 184 Å². The summed E-state index contributed by atoms with van der Waals surface area (Å²) in [6.07, 6.45) is 0.736. The molecule has 1 atom stereocenters. The number of benzene rings is 2. The second-order valence-electron chi connectivity index (χ2n) is 7.52. The van der Waals surface area contributed by atoms with E-state index in [1.54, 1.807) is 47.4 Å². The lowest BCUT2D eigenvalue weighted by Crippen LogP contribution is -2.31. The molecule has 1 aromatic heterocycles. The second-order valence-corrected chi connectivity index (χ2v) is 8.33. The number of hydrogen-bond donors (Lipinski definition) is 0. The van der Waals surface area contributed by atoms with E-state index < -0.39 is 6.04 Å². The standard InChI is InChI=1S/C23H21Cl2NO4/c1-13(2)29-11-5-10-26-20(14-8-9-16(24)17(25)12-14)19-21(27)15-6-3-4-7-18(15)30-22(19)23(26)28/h3-4,6-9,12-13,20H,5,10-11H2,1-2H3/t20-/m0/s1. The number of halogens is 2. The molecule has 1 amide bonds. The van der Waals surface area contributed by atoms with Crippen LogP contribution in [0.5, 0.6) is 0 Å².